The number of rotatable bonds is 5. The number of benzene rings is 2. The van der Waals surface area contributed by atoms with Gasteiger partial charge >= 0.3 is 0 Å². The van der Waals surface area contributed by atoms with Crippen LogP contribution in [0.2, 0.25) is 10.0 Å². The molecule has 1 amide bonds. The van der Waals surface area contributed by atoms with E-state index in [1.165, 1.54) is 0 Å². The lowest BCUT2D eigenvalue weighted by atomic mass is 10.1. The largest absolute Gasteiger partial charge is 0.508 e. The van der Waals surface area contributed by atoms with E-state index in [0.29, 0.717) is 23.0 Å². The highest BCUT2D eigenvalue weighted by molar-refractivity contribution is 6.42. The number of carbonyl (C=O) groups is 1. The van der Waals surface area contributed by atoms with E-state index in [0.717, 1.165) is 11.1 Å². The van der Waals surface area contributed by atoms with E-state index in [-0.39, 0.29) is 18.1 Å². The standard InChI is InChI=1S/C16H15Cl2NO2/c17-14-6-3-12(9-15(14)18)10-16(21)19-8-7-11-1-4-13(20)5-2-11/h1-6,9,20H,7-8,10H2,(H,19,21). The van der Waals surface area contributed by atoms with Gasteiger partial charge in [0.15, 0.2) is 0 Å². The average molecular weight is 324 g/mol. The lowest BCUT2D eigenvalue weighted by Crippen LogP contribution is -2.27. The predicted octanol–water partition coefficient (Wildman–Crippen LogP) is 3.60. The first-order valence-electron chi connectivity index (χ1n) is 6.53. The Kier molecular flexibility index (Phi) is 5.48. The summed E-state index contributed by atoms with van der Waals surface area (Å²) in [6.07, 6.45) is 0.986. The quantitative estimate of drug-likeness (QED) is 0.883. The summed E-state index contributed by atoms with van der Waals surface area (Å²) in [5.41, 5.74) is 1.88. The third-order valence-electron chi connectivity index (χ3n) is 3.02. The first-order valence-corrected chi connectivity index (χ1v) is 7.29. The SMILES string of the molecule is O=C(Cc1ccc(Cl)c(Cl)c1)NCCc1ccc(O)cc1. The van der Waals surface area contributed by atoms with E-state index < -0.39 is 0 Å². The number of aromatic hydroxyl groups is 1. The summed E-state index contributed by atoms with van der Waals surface area (Å²) >= 11 is 11.7. The first-order chi connectivity index (χ1) is 10.0. The highest BCUT2D eigenvalue weighted by Crippen LogP contribution is 2.22. The molecule has 0 aliphatic carbocycles. The monoisotopic (exact) mass is 323 g/mol. The summed E-state index contributed by atoms with van der Waals surface area (Å²) < 4.78 is 0. The molecule has 2 aromatic carbocycles. The molecule has 0 aromatic heterocycles. The highest BCUT2D eigenvalue weighted by Gasteiger charge is 2.05. The normalized spacial score (nSPS) is 10.4. The summed E-state index contributed by atoms with van der Waals surface area (Å²) in [7, 11) is 0. The van der Waals surface area contributed by atoms with Crippen molar-refractivity contribution in [3.05, 3.63) is 63.6 Å². The third kappa shape index (κ3) is 4.96. The minimum absolute atomic E-state index is 0.0628. The van der Waals surface area contributed by atoms with E-state index in [2.05, 4.69) is 5.32 Å². The summed E-state index contributed by atoms with van der Waals surface area (Å²) in [5, 5.41) is 13.0. The van der Waals surface area contributed by atoms with E-state index in [9.17, 15) is 9.90 Å². The molecule has 3 nitrogen and oxygen atoms in total. The Morgan fingerprint density at radius 3 is 2.33 bits per heavy atom. The summed E-state index contributed by atoms with van der Waals surface area (Å²) in [5.74, 6) is 0.176. The van der Waals surface area contributed by atoms with Gasteiger partial charge < -0.3 is 10.4 Å². The van der Waals surface area contributed by atoms with Crippen molar-refractivity contribution in [2.45, 2.75) is 12.8 Å². The van der Waals surface area contributed by atoms with Crippen molar-refractivity contribution >= 4 is 29.1 Å². The summed E-state index contributed by atoms with van der Waals surface area (Å²) in [4.78, 5) is 11.8. The van der Waals surface area contributed by atoms with Crippen molar-refractivity contribution in [1.29, 1.82) is 0 Å². The molecule has 0 spiro atoms. The minimum atomic E-state index is -0.0628. The van der Waals surface area contributed by atoms with Crippen LogP contribution in [-0.2, 0) is 17.6 Å². The van der Waals surface area contributed by atoms with Crippen LogP contribution >= 0.6 is 23.2 Å². The van der Waals surface area contributed by atoms with Gasteiger partial charge in [-0.05, 0) is 41.8 Å². The summed E-state index contributed by atoms with van der Waals surface area (Å²) in [6, 6.07) is 12.1. The van der Waals surface area contributed by atoms with Crippen LogP contribution in [0.25, 0.3) is 0 Å². The lowest BCUT2D eigenvalue weighted by molar-refractivity contribution is -0.120. The van der Waals surface area contributed by atoms with Gasteiger partial charge in [0.1, 0.15) is 5.75 Å². The molecule has 0 bridgehead atoms. The van der Waals surface area contributed by atoms with Gasteiger partial charge in [0, 0.05) is 6.54 Å². The zero-order valence-corrected chi connectivity index (χ0v) is 12.8. The fourth-order valence-electron chi connectivity index (χ4n) is 1.91. The number of nitrogens with one attached hydrogen (secondary N) is 1. The van der Waals surface area contributed by atoms with Crippen LogP contribution in [0.5, 0.6) is 5.75 Å². The highest BCUT2D eigenvalue weighted by atomic mass is 35.5. The van der Waals surface area contributed by atoms with Gasteiger partial charge in [-0.3, -0.25) is 4.79 Å². The molecule has 0 atom stereocenters. The van der Waals surface area contributed by atoms with Crippen LogP contribution in [0.15, 0.2) is 42.5 Å². The summed E-state index contributed by atoms with van der Waals surface area (Å²) in [6.45, 7) is 0.547. The molecule has 0 aliphatic rings. The van der Waals surface area contributed by atoms with Gasteiger partial charge in [-0.15, -0.1) is 0 Å². The Labute approximate surface area is 133 Å². The van der Waals surface area contributed by atoms with Gasteiger partial charge in [-0.1, -0.05) is 41.4 Å². The van der Waals surface area contributed by atoms with Crippen LogP contribution in [0.4, 0.5) is 0 Å². The number of phenols is 1. The number of carbonyl (C=O) groups excluding carboxylic acids is 1. The Hall–Kier alpha value is -1.71. The number of hydrogen-bond donors (Lipinski definition) is 2. The first kappa shape index (κ1) is 15.7. The molecular weight excluding hydrogens is 309 g/mol. The van der Waals surface area contributed by atoms with E-state index in [1.54, 1.807) is 30.3 Å². The molecule has 2 aromatic rings. The van der Waals surface area contributed by atoms with Crippen LogP contribution < -0.4 is 5.32 Å². The Balaban J connectivity index is 1.79. The molecule has 110 valence electrons. The molecule has 0 saturated carbocycles. The fraction of sp³-hybridized carbons (Fsp3) is 0.188. The molecule has 2 rings (SSSR count). The molecule has 0 heterocycles. The predicted molar refractivity (Wildman–Crippen MR) is 85.0 cm³/mol. The van der Waals surface area contributed by atoms with Crippen molar-refractivity contribution < 1.29 is 9.90 Å². The smallest absolute Gasteiger partial charge is 0.224 e. The molecular formula is C16H15Cl2NO2. The molecule has 21 heavy (non-hydrogen) atoms. The molecule has 0 fully saturated rings. The second-order valence-electron chi connectivity index (χ2n) is 4.69. The van der Waals surface area contributed by atoms with Crippen molar-refractivity contribution in [2.24, 2.45) is 0 Å². The number of phenolic OH excluding ortho intramolecular Hbond substituents is 1. The van der Waals surface area contributed by atoms with E-state index in [1.807, 2.05) is 12.1 Å². The van der Waals surface area contributed by atoms with Crippen LogP contribution in [0.1, 0.15) is 11.1 Å². The van der Waals surface area contributed by atoms with Crippen molar-refractivity contribution in [2.75, 3.05) is 6.54 Å². The number of halogens is 2. The third-order valence-corrected chi connectivity index (χ3v) is 3.76. The topological polar surface area (TPSA) is 49.3 Å². The maximum atomic E-state index is 11.8. The van der Waals surface area contributed by atoms with Crippen LogP contribution in [0, 0.1) is 0 Å². The second kappa shape index (κ2) is 7.34. The molecule has 2 N–H and O–H groups in total. The number of hydrogen-bond acceptors (Lipinski definition) is 2. The van der Waals surface area contributed by atoms with E-state index in [4.69, 9.17) is 23.2 Å². The molecule has 0 radical (unpaired) electrons. The van der Waals surface area contributed by atoms with Crippen molar-refractivity contribution in [3.8, 4) is 5.75 Å². The van der Waals surface area contributed by atoms with Crippen LogP contribution in [0.3, 0.4) is 0 Å². The Bertz CT molecular complexity index is 627. The lowest BCUT2D eigenvalue weighted by Gasteiger charge is -2.06. The maximum Gasteiger partial charge on any atom is 0.224 e. The van der Waals surface area contributed by atoms with E-state index >= 15 is 0 Å². The fourth-order valence-corrected chi connectivity index (χ4v) is 2.23. The Morgan fingerprint density at radius 1 is 1.00 bits per heavy atom. The van der Waals surface area contributed by atoms with Gasteiger partial charge in [0.25, 0.3) is 0 Å². The minimum Gasteiger partial charge on any atom is -0.508 e. The molecule has 0 unspecified atom stereocenters. The van der Waals surface area contributed by atoms with Crippen molar-refractivity contribution in [1.82, 2.24) is 5.32 Å². The zero-order valence-electron chi connectivity index (χ0n) is 11.3. The molecule has 5 heteroatoms. The van der Waals surface area contributed by atoms with Crippen molar-refractivity contribution in [3.63, 3.8) is 0 Å². The van der Waals surface area contributed by atoms with Gasteiger partial charge in [0.05, 0.1) is 16.5 Å². The maximum absolute atomic E-state index is 11.8. The Morgan fingerprint density at radius 2 is 1.67 bits per heavy atom. The average Bonchev–Trinajstić information content (AvgIpc) is 2.45. The second-order valence-corrected chi connectivity index (χ2v) is 5.51. The zero-order chi connectivity index (χ0) is 15.2. The van der Waals surface area contributed by atoms with Gasteiger partial charge in [-0.25, -0.2) is 0 Å². The van der Waals surface area contributed by atoms with Gasteiger partial charge in [-0.2, -0.15) is 0 Å². The van der Waals surface area contributed by atoms with Crippen LogP contribution in [-0.4, -0.2) is 17.6 Å². The molecule has 0 saturated heterocycles. The van der Waals surface area contributed by atoms with Gasteiger partial charge in [0.2, 0.25) is 5.91 Å². The molecule has 0 aliphatic heterocycles. The number of amides is 1.